The minimum absolute atomic E-state index is 0.000494. The molecular weight excluding hydrogens is 236 g/mol. The monoisotopic (exact) mass is 258 g/mol. The second-order valence-corrected chi connectivity index (χ2v) is 5.07. The van der Waals surface area contributed by atoms with E-state index in [-0.39, 0.29) is 12.8 Å². The summed E-state index contributed by atoms with van der Waals surface area (Å²) in [7, 11) is 0. The molecule has 6 nitrogen and oxygen atoms in total. The Morgan fingerprint density at radius 3 is 2.28 bits per heavy atom. The fourth-order valence-electron chi connectivity index (χ4n) is 1.50. The van der Waals surface area contributed by atoms with Crippen LogP contribution in [0.1, 0.15) is 46.5 Å². The summed E-state index contributed by atoms with van der Waals surface area (Å²) >= 11 is 0. The van der Waals surface area contributed by atoms with Gasteiger partial charge < -0.3 is 10.4 Å². The first kappa shape index (κ1) is 16.4. The Kier molecular flexibility index (Phi) is 7.00. The van der Waals surface area contributed by atoms with Gasteiger partial charge >= 0.3 is 12.0 Å². The van der Waals surface area contributed by atoms with Crippen molar-refractivity contribution in [3.63, 3.8) is 0 Å². The Morgan fingerprint density at radius 1 is 1.17 bits per heavy atom. The van der Waals surface area contributed by atoms with Crippen LogP contribution in [0.15, 0.2) is 0 Å². The molecule has 0 bridgehead atoms. The lowest BCUT2D eigenvalue weighted by Gasteiger charge is -2.21. The summed E-state index contributed by atoms with van der Waals surface area (Å²) in [5.74, 6) is -1.42. The van der Waals surface area contributed by atoms with E-state index in [1.165, 1.54) is 0 Å². The van der Waals surface area contributed by atoms with Crippen molar-refractivity contribution in [2.75, 3.05) is 6.54 Å². The maximum Gasteiger partial charge on any atom is 0.321 e. The standard InChI is InChI=1S/C12H22N2O4/c1-4-5-6-13-11(18)14-9(15)7-12(2,3)8-10(16)17/h4-8H2,1-3H3,(H,16,17)(H2,13,14,15,18). The molecule has 0 saturated carbocycles. The van der Waals surface area contributed by atoms with Crippen LogP contribution in [0.4, 0.5) is 4.79 Å². The summed E-state index contributed by atoms with van der Waals surface area (Å²) in [5, 5.41) is 13.4. The highest BCUT2D eigenvalue weighted by Crippen LogP contribution is 2.24. The van der Waals surface area contributed by atoms with Crippen molar-refractivity contribution < 1.29 is 19.5 Å². The molecule has 0 aliphatic carbocycles. The number of imide groups is 1. The predicted octanol–water partition coefficient (Wildman–Crippen LogP) is 1.50. The molecule has 0 unspecified atom stereocenters. The normalized spacial score (nSPS) is 10.8. The zero-order chi connectivity index (χ0) is 14.2. The van der Waals surface area contributed by atoms with Crippen LogP contribution in [0.3, 0.4) is 0 Å². The number of carboxylic acid groups (broad SMARTS) is 1. The van der Waals surface area contributed by atoms with Crippen molar-refractivity contribution in [2.24, 2.45) is 5.41 Å². The molecule has 0 spiro atoms. The molecule has 6 heteroatoms. The van der Waals surface area contributed by atoms with Crippen LogP contribution in [0.5, 0.6) is 0 Å². The van der Waals surface area contributed by atoms with Crippen LogP contribution < -0.4 is 10.6 Å². The van der Waals surface area contributed by atoms with Crippen molar-refractivity contribution in [3.05, 3.63) is 0 Å². The average Bonchev–Trinajstić information content (AvgIpc) is 2.13. The lowest BCUT2D eigenvalue weighted by molar-refractivity contribution is -0.139. The van der Waals surface area contributed by atoms with Crippen LogP contribution in [0, 0.1) is 5.41 Å². The number of hydrogen-bond donors (Lipinski definition) is 3. The molecule has 0 aromatic carbocycles. The molecule has 0 fully saturated rings. The van der Waals surface area contributed by atoms with E-state index in [9.17, 15) is 14.4 Å². The van der Waals surface area contributed by atoms with Crippen LogP contribution in [-0.4, -0.2) is 29.6 Å². The third kappa shape index (κ3) is 8.55. The third-order valence-corrected chi connectivity index (χ3v) is 2.34. The molecule has 0 saturated heterocycles. The molecule has 0 radical (unpaired) electrons. The van der Waals surface area contributed by atoms with Crippen molar-refractivity contribution in [1.29, 1.82) is 0 Å². The van der Waals surface area contributed by atoms with Crippen LogP contribution in [0.2, 0.25) is 0 Å². The average molecular weight is 258 g/mol. The molecule has 0 aliphatic heterocycles. The van der Waals surface area contributed by atoms with Gasteiger partial charge in [-0.1, -0.05) is 27.2 Å². The summed E-state index contributed by atoms with van der Waals surface area (Å²) in [6.45, 7) is 5.87. The molecule has 0 aromatic rings. The van der Waals surface area contributed by atoms with Crippen molar-refractivity contribution >= 4 is 17.9 Å². The summed E-state index contributed by atoms with van der Waals surface area (Å²) in [6, 6.07) is -0.528. The van der Waals surface area contributed by atoms with E-state index >= 15 is 0 Å². The Labute approximate surface area is 107 Å². The maximum absolute atomic E-state index is 11.5. The maximum atomic E-state index is 11.5. The van der Waals surface area contributed by atoms with Gasteiger partial charge in [0.15, 0.2) is 0 Å². The van der Waals surface area contributed by atoms with Gasteiger partial charge in [-0.3, -0.25) is 14.9 Å². The van der Waals surface area contributed by atoms with Crippen LogP contribution in [-0.2, 0) is 9.59 Å². The number of urea groups is 1. The lowest BCUT2D eigenvalue weighted by atomic mass is 9.85. The number of carbonyl (C=O) groups excluding carboxylic acids is 2. The van der Waals surface area contributed by atoms with Gasteiger partial charge in [0.2, 0.25) is 5.91 Å². The fourth-order valence-corrected chi connectivity index (χ4v) is 1.50. The minimum Gasteiger partial charge on any atom is -0.481 e. The first-order chi connectivity index (χ1) is 8.26. The highest BCUT2D eigenvalue weighted by atomic mass is 16.4. The summed E-state index contributed by atoms with van der Waals surface area (Å²) in [5.41, 5.74) is -0.667. The van der Waals surface area contributed by atoms with E-state index < -0.39 is 23.3 Å². The zero-order valence-corrected chi connectivity index (χ0v) is 11.2. The largest absolute Gasteiger partial charge is 0.481 e. The second-order valence-electron chi connectivity index (χ2n) is 5.07. The number of amides is 3. The van der Waals surface area contributed by atoms with Gasteiger partial charge in [0, 0.05) is 13.0 Å². The third-order valence-electron chi connectivity index (χ3n) is 2.34. The summed E-state index contributed by atoms with van der Waals surface area (Å²) in [4.78, 5) is 33.4. The van der Waals surface area contributed by atoms with E-state index in [1.807, 2.05) is 6.92 Å². The number of aliphatic carboxylic acids is 1. The topological polar surface area (TPSA) is 95.5 Å². The van der Waals surface area contributed by atoms with Crippen LogP contribution in [0.25, 0.3) is 0 Å². The molecule has 104 valence electrons. The van der Waals surface area contributed by atoms with Crippen molar-refractivity contribution in [1.82, 2.24) is 10.6 Å². The van der Waals surface area contributed by atoms with E-state index in [2.05, 4.69) is 10.6 Å². The Balaban J connectivity index is 4.02. The van der Waals surface area contributed by atoms with E-state index in [0.29, 0.717) is 6.54 Å². The van der Waals surface area contributed by atoms with Gasteiger partial charge in [-0.15, -0.1) is 0 Å². The van der Waals surface area contributed by atoms with Gasteiger partial charge in [0.25, 0.3) is 0 Å². The molecule has 0 atom stereocenters. The van der Waals surface area contributed by atoms with Gasteiger partial charge in [-0.25, -0.2) is 4.79 Å². The van der Waals surface area contributed by atoms with E-state index in [1.54, 1.807) is 13.8 Å². The second kappa shape index (κ2) is 7.68. The molecule has 0 heterocycles. The van der Waals surface area contributed by atoms with E-state index in [4.69, 9.17) is 5.11 Å². The smallest absolute Gasteiger partial charge is 0.321 e. The predicted molar refractivity (Wildman–Crippen MR) is 67.1 cm³/mol. The summed E-state index contributed by atoms with van der Waals surface area (Å²) < 4.78 is 0. The first-order valence-corrected chi connectivity index (χ1v) is 6.06. The first-order valence-electron chi connectivity index (χ1n) is 6.06. The van der Waals surface area contributed by atoms with Gasteiger partial charge in [-0.2, -0.15) is 0 Å². The highest BCUT2D eigenvalue weighted by Gasteiger charge is 2.25. The molecule has 3 N–H and O–H groups in total. The number of unbranched alkanes of at least 4 members (excludes halogenated alkanes) is 1. The highest BCUT2D eigenvalue weighted by molar-refractivity contribution is 5.94. The van der Waals surface area contributed by atoms with Gasteiger partial charge in [-0.05, 0) is 11.8 Å². The zero-order valence-electron chi connectivity index (χ0n) is 11.2. The SMILES string of the molecule is CCCCNC(=O)NC(=O)CC(C)(C)CC(=O)O. The van der Waals surface area contributed by atoms with Gasteiger partial charge in [0.05, 0.1) is 6.42 Å². The summed E-state index contributed by atoms with van der Waals surface area (Å²) in [6.07, 6.45) is 1.70. The number of carboxylic acids is 1. The molecule has 0 aromatic heterocycles. The Hall–Kier alpha value is -1.59. The molecule has 0 rings (SSSR count). The van der Waals surface area contributed by atoms with Crippen molar-refractivity contribution in [3.8, 4) is 0 Å². The molecule has 18 heavy (non-hydrogen) atoms. The fraction of sp³-hybridized carbons (Fsp3) is 0.750. The Bertz CT molecular complexity index is 313. The lowest BCUT2D eigenvalue weighted by Crippen LogP contribution is -2.41. The number of hydrogen-bond acceptors (Lipinski definition) is 3. The molecular formula is C12H22N2O4. The van der Waals surface area contributed by atoms with Crippen molar-refractivity contribution in [2.45, 2.75) is 46.5 Å². The number of carbonyl (C=O) groups is 3. The number of nitrogens with one attached hydrogen (secondary N) is 2. The number of rotatable bonds is 7. The quantitative estimate of drug-likeness (QED) is 0.603. The molecule has 0 aliphatic rings. The van der Waals surface area contributed by atoms with Gasteiger partial charge in [0.1, 0.15) is 0 Å². The van der Waals surface area contributed by atoms with Crippen LogP contribution >= 0.6 is 0 Å². The minimum atomic E-state index is -0.958. The molecule has 3 amide bonds. The Morgan fingerprint density at radius 2 is 1.78 bits per heavy atom. The van der Waals surface area contributed by atoms with E-state index in [0.717, 1.165) is 12.8 Å².